The summed E-state index contributed by atoms with van der Waals surface area (Å²) < 4.78 is 17.6. The van der Waals surface area contributed by atoms with Crippen molar-refractivity contribution in [3.05, 3.63) is 134 Å². The van der Waals surface area contributed by atoms with Gasteiger partial charge in [0.2, 0.25) is 5.91 Å². The molecule has 6 N–H and O–H groups in total. The molecule has 0 aliphatic carbocycles. The number of nitrogens with one attached hydrogen (secondary N) is 1. The first-order valence-electron chi connectivity index (χ1n) is 34.0. The van der Waals surface area contributed by atoms with Gasteiger partial charge in [0.05, 0.1) is 25.4 Å². The molecule has 8 unspecified atom stereocenters. The highest BCUT2D eigenvalue weighted by Gasteiger charge is 2.47. The molecule has 11 heteroatoms. The largest absolute Gasteiger partial charge is 0.454 e. The molecule has 1 amide bonds. The predicted molar refractivity (Wildman–Crippen MR) is 356 cm³/mol. The van der Waals surface area contributed by atoms with E-state index in [0.717, 1.165) is 128 Å². The van der Waals surface area contributed by atoms with Crippen LogP contribution in [-0.4, -0.2) is 99.6 Å². The minimum absolute atomic E-state index is 0.0605. The Morgan fingerprint density at radius 3 is 1.29 bits per heavy atom. The Labute approximate surface area is 518 Å². The minimum atomic E-state index is -1.64. The number of esters is 1. The van der Waals surface area contributed by atoms with Gasteiger partial charge in [0.1, 0.15) is 24.4 Å². The van der Waals surface area contributed by atoms with Crippen LogP contribution in [0.15, 0.2) is 134 Å². The third-order valence-electron chi connectivity index (χ3n) is 15.0. The number of ether oxygens (including phenoxy) is 3. The second-order valence-corrected chi connectivity index (χ2v) is 22.8. The lowest BCUT2D eigenvalue weighted by Gasteiger charge is -2.41. The normalized spacial score (nSPS) is 19.3. The van der Waals surface area contributed by atoms with E-state index in [9.17, 15) is 35.1 Å². The van der Waals surface area contributed by atoms with E-state index >= 15 is 0 Å². The molecule has 1 aliphatic rings. The van der Waals surface area contributed by atoms with E-state index in [1.54, 1.807) is 6.08 Å². The summed E-state index contributed by atoms with van der Waals surface area (Å²) >= 11 is 0. The fourth-order valence-corrected chi connectivity index (χ4v) is 9.70. The summed E-state index contributed by atoms with van der Waals surface area (Å²) in [6.07, 6.45) is 74.9. The van der Waals surface area contributed by atoms with Gasteiger partial charge in [-0.2, -0.15) is 0 Å². The SMILES string of the molecule is CC/C=C\C/C=C\C/C=C\C/C=C\C/C=C\C/C=C\CCCCC(=O)OC1C(OCC(NC(=O)C(O)CCCCCCCCCC/C=C\C/C=C\C/C=C\C/C=C\CCCCC)C(O)/C=C/CCCCCCCCCCC)OC(CO)C(O)C1O. The molecule has 0 aromatic carbocycles. The average Bonchev–Trinajstić information content (AvgIpc) is 2.91. The molecule has 11 nitrogen and oxygen atoms in total. The van der Waals surface area contributed by atoms with Crippen LogP contribution in [0, 0.1) is 0 Å². The van der Waals surface area contributed by atoms with Crippen molar-refractivity contribution in [3.8, 4) is 0 Å². The van der Waals surface area contributed by atoms with E-state index in [-0.39, 0.29) is 19.4 Å². The summed E-state index contributed by atoms with van der Waals surface area (Å²) in [5.74, 6) is -1.26. The minimum Gasteiger partial charge on any atom is -0.454 e. The molecule has 0 saturated carbocycles. The van der Waals surface area contributed by atoms with Crippen LogP contribution < -0.4 is 5.32 Å². The summed E-state index contributed by atoms with van der Waals surface area (Å²) in [6, 6.07) is -1.05. The Bertz CT molecular complexity index is 1890. The first-order valence-corrected chi connectivity index (χ1v) is 34.0. The Morgan fingerprint density at radius 1 is 0.471 bits per heavy atom. The zero-order valence-electron chi connectivity index (χ0n) is 53.7. The molecule has 0 radical (unpaired) electrons. The highest BCUT2D eigenvalue weighted by Crippen LogP contribution is 2.26. The Kier molecular flexibility index (Phi) is 55.7. The summed E-state index contributed by atoms with van der Waals surface area (Å²) in [4.78, 5) is 26.6. The lowest BCUT2D eigenvalue weighted by atomic mass is 9.99. The maximum Gasteiger partial charge on any atom is 0.306 e. The first kappa shape index (κ1) is 78.8. The van der Waals surface area contributed by atoms with Crippen LogP contribution in [0.5, 0.6) is 0 Å². The summed E-state index contributed by atoms with van der Waals surface area (Å²) in [5.41, 5.74) is 0. The maximum absolute atomic E-state index is 13.5. The van der Waals surface area contributed by atoms with Gasteiger partial charge >= 0.3 is 5.97 Å². The van der Waals surface area contributed by atoms with Crippen molar-refractivity contribution >= 4 is 11.9 Å². The Balaban J connectivity index is 2.64. The molecule has 1 fully saturated rings. The summed E-state index contributed by atoms with van der Waals surface area (Å²) in [5, 5.41) is 57.1. The second-order valence-electron chi connectivity index (χ2n) is 22.8. The van der Waals surface area contributed by atoms with Crippen LogP contribution in [0.4, 0.5) is 0 Å². The van der Waals surface area contributed by atoms with Crippen LogP contribution >= 0.6 is 0 Å². The van der Waals surface area contributed by atoms with Gasteiger partial charge in [0.25, 0.3) is 0 Å². The summed E-state index contributed by atoms with van der Waals surface area (Å²) in [6.45, 7) is 5.61. The van der Waals surface area contributed by atoms with Crippen molar-refractivity contribution in [2.45, 2.75) is 307 Å². The highest BCUT2D eigenvalue weighted by molar-refractivity contribution is 5.80. The Hall–Kier alpha value is -4.20. The standard InChI is InChI=1S/C74H123NO10/c1-4-7-10-13-16-19-22-24-26-28-30-32-33-34-36-37-39-41-43-46-49-52-55-58-61-67(78)73(82)75-65(66(77)60-57-54-51-48-45-21-18-15-12-9-6-3)64-83-74-72(71(81)70(80)68(63-76)84-74)85-69(79)62-59-56-53-50-47-44-42-40-38-35-31-29-27-25-23-20-17-14-11-8-5-2/h8,11,16-17,19-20,24-27,30-32,34-36,40,42,47,50,57,60,65-68,70-72,74,76-78,80-81H,4-7,9-10,12-15,18,21-23,28-29,33,37-39,41,43-46,48-49,51-56,58-59,61-64H2,1-3H3,(H,75,82)/b11-8-,19-16-,20-17-,26-24-,27-25-,32-30-,35-31-,36-34-,42-40-,50-47-,60-57+. The van der Waals surface area contributed by atoms with E-state index in [4.69, 9.17) is 14.2 Å². The molecular weight excluding hydrogens is 1060 g/mol. The van der Waals surface area contributed by atoms with Gasteiger partial charge in [-0.3, -0.25) is 9.59 Å². The van der Waals surface area contributed by atoms with Crippen molar-refractivity contribution in [2.24, 2.45) is 0 Å². The molecule has 0 bridgehead atoms. The number of rotatable bonds is 56. The van der Waals surface area contributed by atoms with Crippen LogP contribution in [-0.2, 0) is 23.8 Å². The first-order chi connectivity index (χ1) is 41.7. The van der Waals surface area contributed by atoms with Crippen molar-refractivity contribution in [2.75, 3.05) is 13.2 Å². The molecule has 0 spiro atoms. The van der Waals surface area contributed by atoms with Crippen molar-refractivity contribution in [1.82, 2.24) is 5.32 Å². The Morgan fingerprint density at radius 2 is 0.847 bits per heavy atom. The van der Waals surface area contributed by atoms with Crippen molar-refractivity contribution in [3.63, 3.8) is 0 Å². The number of hydrogen-bond donors (Lipinski definition) is 6. The quantitative estimate of drug-likeness (QED) is 0.0195. The smallest absolute Gasteiger partial charge is 0.306 e. The molecule has 1 rings (SSSR count). The fourth-order valence-electron chi connectivity index (χ4n) is 9.70. The zero-order chi connectivity index (χ0) is 61.7. The highest BCUT2D eigenvalue weighted by atomic mass is 16.7. The van der Waals surface area contributed by atoms with E-state index < -0.39 is 67.4 Å². The van der Waals surface area contributed by atoms with Gasteiger partial charge in [0.15, 0.2) is 12.4 Å². The molecule has 1 saturated heterocycles. The molecule has 0 aromatic heterocycles. The number of carbonyl (C=O) groups excluding carboxylic acids is 2. The van der Waals surface area contributed by atoms with Crippen LogP contribution in [0.3, 0.4) is 0 Å². The lowest BCUT2D eigenvalue weighted by molar-refractivity contribution is -0.305. The molecule has 85 heavy (non-hydrogen) atoms. The van der Waals surface area contributed by atoms with E-state index in [2.05, 4.69) is 148 Å². The average molecular weight is 1190 g/mol. The number of carbonyl (C=O) groups is 2. The van der Waals surface area contributed by atoms with Gasteiger partial charge in [0, 0.05) is 6.42 Å². The maximum atomic E-state index is 13.5. The third kappa shape index (κ3) is 47.5. The zero-order valence-corrected chi connectivity index (χ0v) is 53.7. The number of allylic oxidation sites excluding steroid dienone is 21. The molecular formula is C74H123NO10. The third-order valence-corrected chi connectivity index (χ3v) is 15.0. The van der Waals surface area contributed by atoms with Gasteiger partial charge < -0.3 is 45.1 Å². The molecule has 1 aliphatic heterocycles. The number of aliphatic hydroxyl groups excluding tert-OH is 5. The predicted octanol–water partition coefficient (Wildman–Crippen LogP) is 17.2. The number of unbranched alkanes of at least 4 members (excludes halogenated alkanes) is 22. The number of hydrogen-bond acceptors (Lipinski definition) is 10. The monoisotopic (exact) mass is 1190 g/mol. The van der Waals surface area contributed by atoms with Crippen LogP contribution in [0.1, 0.15) is 258 Å². The van der Waals surface area contributed by atoms with Crippen LogP contribution in [0.25, 0.3) is 0 Å². The van der Waals surface area contributed by atoms with Gasteiger partial charge in [-0.05, 0) is 122 Å². The van der Waals surface area contributed by atoms with Gasteiger partial charge in [-0.1, -0.05) is 264 Å². The number of aliphatic hydroxyl groups is 5. The van der Waals surface area contributed by atoms with Crippen LogP contribution in [0.2, 0.25) is 0 Å². The van der Waals surface area contributed by atoms with Gasteiger partial charge in [-0.15, -0.1) is 0 Å². The van der Waals surface area contributed by atoms with Crippen molar-refractivity contribution in [1.29, 1.82) is 0 Å². The van der Waals surface area contributed by atoms with E-state index in [1.807, 2.05) is 6.08 Å². The lowest BCUT2D eigenvalue weighted by Crippen LogP contribution is -2.61. The molecule has 8 atom stereocenters. The number of amides is 1. The van der Waals surface area contributed by atoms with Gasteiger partial charge in [-0.25, -0.2) is 0 Å². The summed E-state index contributed by atoms with van der Waals surface area (Å²) in [7, 11) is 0. The van der Waals surface area contributed by atoms with E-state index in [1.165, 1.54) is 83.5 Å². The molecule has 1 heterocycles. The molecule has 0 aromatic rings. The topological polar surface area (TPSA) is 175 Å². The second kappa shape index (κ2) is 60.1. The fraction of sp³-hybridized carbons (Fsp3) is 0.676. The molecule has 484 valence electrons. The van der Waals surface area contributed by atoms with Crippen molar-refractivity contribution < 1.29 is 49.3 Å². The van der Waals surface area contributed by atoms with E-state index in [0.29, 0.717) is 12.8 Å².